The van der Waals surface area contributed by atoms with Crippen LogP contribution in [-0.4, -0.2) is 94.3 Å². The molecule has 3 amide bonds. The van der Waals surface area contributed by atoms with Crippen LogP contribution < -0.4 is 9.42 Å². The highest BCUT2D eigenvalue weighted by Gasteiger charge is 2.49. The highest BCUT2D eigenvalue weighted by atomic mass is 31.2. The molecular weight excluding hydrogens is 504 g/mol. The van der Waals surface area contributed by atoms with Gasteiger partial charge in [0.1, 0.15) is 23.8 Å². The lowest BCUT2D eigenvalue weighted by Crippen LogP contribution is -2.74. The molecule has 2 fully saturated rings. The Bertz CT molecular complexity index is 1170. The second-order valence-corrected chi connectivity index (χ2v) is 9.86. The maximum Gasteiger partial charge on any atom is 0.391 e. The Balaban J connectivity index is 1.67. The van der Waals surface area contributed by atoms with Crippen LogP contribution in [0.5, 0.6) is 5.75 Å². The van der Waals surface area contributed by atoms with E-state index in [1.807, 2.05) is 0 Å². The molecule has 0 aromatic heterocycles. The quantitative estimate of drug-likeness (QED) is 0.380. The fraction of sp³-hybridized carbons (Fsp3) is 0.375. The van der Waals surface area contributed by atoms with Crippen LogP contribution in [0.15, 0.2) is 42.5 Å². The Morgan fingerprint density at radius 2 is 1.86 bits per heavy atom. The smallest absolute Gasteiger partial charge is 0.391 e. The second kappa shape index (κ2) is 11.0. The van der Waals surface area contributed by atoms with Gasteiger partial charge in [-0.05, 0) is 35.4 Å². The van der Waals surface area contributed by atoms with Gasteiger partial charge in [0, 0.05) is 39.8 Å². The van der Waals surface area contributed by atoms with E-state index in [0.29, 0.717) is 17.7 Å². The first kappa shape index (κ1) is 26.7. The molecule has 11 nitrogen and oxygen atoms in total. The Labute approximate surface area is 215 Å². The molecule has 0 saturated carbocycles. The van der Waals surface area contributed by atoms with Crippen LogP contribution in [0.2, 0.25) is 0 Å². The monoisotopic (exact) mass is 533 g/mol. The van der Waals surface area contributed by atoms with Gasteiger partial charge in [-0.3, -0.25) is 19.4 Å². The Morgan fingerprint density at radius 1 is 1.16 bits per heavy atom. The molecule has 2 N–H and O–H groups in total. The molecule has 0 unspecified atom stereocenters. The number of amides is 3. The van der Waals surface area contributed by atoms with Gasteiger partial charge in [0.25, 0.3) is 0 Å². The van der Waals surface area contributed by atoms with E-state index in [1.165, 1.54) is 27.1 Å². The predicted octanol–water partition coefficient (Wildman–Crippen LogP) is 0.909. The summed E-state index contributed by atoms with van der Waals surface area (Å²) in [7, 11) is 2.65. The summed E-state index contributed by atoms with van der Waals surface area (Å²) in [6.45, 7) is 0.213. The number of halogens is 1. The van der Waals surface area contributed by atoms with Crippen molar-refractivity contribution < 1.29 is 33.1 Å². The van der Waals surface area contributed by atoms with Crippen LogP contribution in [-0.2, 0) is 27.3 Å². The SMILES string of the molecule is CN(C)c1cc(F)ccc1CN1C[C@H]2N(C(=O)CN(C)N2C=O)[C@@H](Cc2ccc(OP(O)O)cc2)C1=O. The zero-order chi connectivity index (χ0) is 26.9. The summed E-state index contributed by atoms with van der Waals surface area (Å²) < 4.78 is 18.8. The van der Waals surface area contributed by atoms with E-state index in [-0.39, 0.29) is 43.6 Å². The molecule has 2 aromatic carbocycles. The Kier molecular flexibility index (Phi) is 7.93. The number of piperazine rings is 1. The molecule has 0 aliphatic carbocycles. The fourth-order valence-electron chi connectivity index (χ4n) is 4.83. The van der Waals surface area contributed by atoms with Crippen molar-refractivity contribution in [3.05, 3.63) is 59.4 Å². The highest BCUT2D eigenvalue weighted by Crippen LogP contribution is 2.31. The van der Waals surface area contributed by atoms with Gasteiger partial charge in [-0.1, -0.05) is 18.2 Å². The molecule has 198 valence electrons. The maximum atomic E-state index is 13.9. The van der Waals surface area contributed by atoms with Crippen molar-refractivity contribution in [2.24, 2.45) is 0 Å². The third-order valence-electron chi connectivity index (χ3n) is 6.53. The van der Waals surface area contributed by atoms with Crippen LogP contribution in [0.3, 0.4) is 0 Å². The van der Waals surface area contributed by atoms with Gasteiger partial charge in [-0.2, -0.15) is 0 Å². The number of carbonyl (C=O) groups is 3. The molecule has 0 spiro atoms. The minimum Gasteiger partial charge on any atom is -0.427 e. The van der Waals surface area contributed by atoms with E-state index >= 15 is 0 Å². The lowest BCUT2D eigenvalue weighted by Gasteiger charge is -2.53. The largest absolute Gasteiger partial charge is 0.427 e. The zero-order valence-corrected chi connectivity index (χ0v) is 21.6. The van der Waals surface area contributed by atoms with E-state index in [1.54, 1.807) is 61.3 Å². The van der Waals surface area contributed by atoms with E-state index in [4.69, 9.17) is 14.3 Å². The van der Waals surface area contributed by atoms with E-state index < -0.39 is 26.6 Å². The predicted molar refractivity (Wildman–Crippen MR) is 133 cm³/mol. The normalized spacial score (nSPS) is 20.4. The van der Waals surface area contributed by atoms with E-state index in [9.17, 15) is 18.8 Å². The molecular formula is C24H29FN5O6P. The first-order chi connectivity index (χ1) is 17.6. The molecule has 2 saturated heterocycles. The average molecular weight is 533 g/mol. The number of benzene rings is 2. The lowest BCUT2D eigenvalue weighted by atomic mass is 9.98. The Morgan fingerprint density at radius 3 is 2.49 bits per heavy atom. The standard InChI is InChI=1S/C24H29FN5O6P/c1-26(2)20-11-18(25)7-6-17(20)12-28-13-22-29(15-31)27(3)14-23(32)30(22)21(24(28)33)10-16-4-8-19(9-5-16)36-37(34)35/h4-9,11,15,21-22,34-35H,10,12-14H2,1-3H3/t21-,22+/m0/s1. The summed E-state index contributed by atoms with van der Waals surface area (Å²) >= 11 is 0. The number of rotatable bonds is 8. The topological polar surface area (TPSA) is 117 Å². The summed E-state index contributed by atoms with van der Waals surface area (Å²) in [6.07, 6.45) is 0.113. The number of hydrogen-bond donors (Lipinski definition) is 2. The van der Waals surface area contributed by atoms with Gasteiger partial charge in [0.15, 0.2) is 0 Å². The summed E-state index contributed by atoms with van der Waals surface area (Å²) in [5, 5.41) is 2.94. The first-order valence-electron chi connectivity index (χ1n) is 11.5. The van der Waals surface area contributed by atoms with E-state index in [2.05, 4.69) is 0 Å². The van der Waals surface area contributed by atoms with Crippen LogP contribution in [0.1, 0.15) is 11.1 Å². The Hall–Kier alpha value is -3.31. The molecule has 2 aliphatic heterocycles. The number of fused-ring (bicyclic) bond motifs is 1. The number of nitrogens with zero attached hydrogens (tertiary/aromatic N) is 5. The van der Waals surface area contributed by atoms with Crippen LogP contribution in [0.4, 0.5) is 10.1 Å². The third-order valence-corrected chi connectivity index (χ3v) is 6.90. The minimum absolute atomic E-state index is 0.0505. The molecule has 0 radical (unpaired) electrons. The molecule has 2 aromatic rings. The number of hydrogen-bond acceptors (Lipinski definition) is 8. The van der Waals surface area contributed by atoms with Crippen molar-refractivity contribution in [2.45, 2.75) is 25.2 Å². The molecule has 2 heterocycles. The molecule has 2 atom stereocenters. The minimum atomic E-state index is -2.56. The zero-order valence-electron chi connectivity index (χ0n) is 20.7. The number of hydrazine groups is 1. The van der Waals surface area contributed by atoms with Crippen LogP contribution in [0, 0.1) is 5.82 Å². The third kappa shape index (κ3) is 5.67. The van der Waals surface area contributed by atoms with E-state index in [0.717, 1.165) is 5.56 Å². The van der Waals surface area contributed by atoms with Crippen molar-refractivity contribution in [1.29, 1.82) is 0 Å². The number of carbonyl (C=O) groups excluding carboxylic acids is 3. The molecule has 2 aliphatic rings. The average Bonchev–Trinajstić information content (AvgIpc) is 2.83. The van der Waals surface area contributed by atoms with Gasteiger partial charge in [-0.15, -0.1) is 0 Å². The summed E-state index contributed by atoms with van der Waals surface area (Å²) in [5.41, 5.74) is 2.07. The summed E-state index contributed by atoms with van der Waals surface area (Å²) in [6, 6.07) is 9.93. The van der Waals surface area contributed by atoms with Crippen molar-refractivity contribution in [3.63, 3.8) is 0 Å². The van der Waals surface area contributed by atoms with Gasteiger partial charge in [0.2, 0.25) is 18.2 Å². The molecule has 4 rings (SSSR count). The maximum absolute atomic E-state index is 13.9. The van der Waals surface area contributed by atoms with Gasteiger partial charge in [0.05, 0.1) is 13.1 Å². The van der Waals surface area contributed by atoms with Gasteiger partial charge < -0.3 is 29.0 Å². The molecule has 0 bridgehead atoms. The van der Waals surface area contributed by atoms with Crippen molar-refractivity contribution in [1.82, 2.24) is 19.8 Å². The van der Waals surface area contributed by atoms with Crippen LogP contribution >= 0.6 is 8.60 Å². The lowest BCUT2D eigenvalue weighted by molar-refractivity contribution is -0.196. The fourth-order valence-corrected chi connectivity index (χ4v) is 5.14. The van der Waals surface area contributed by atoms with Crippen molar-refractivity contribution >= 4 is 32.5 Å². The van der Waals surface area contributed by atoms with Crippen molar-refractivity contribution in [3.8, 4) is 5.75 Å². The summed E-state index contributed by atoms with van der Waals surface area (Å²) in [4.78, 5) is 61.9. The number of likely N-dealkylation sites (N-methyl/N-ethyl adjacent to an activating group) is 1. The summed E-state index contributed by atoms with van der Waals surface area (Å²) in [5.74, 6) is -0.700. The molecule has 13 heteroatoms. The van der Waals surface area contributed by atoms with Crippen molar-refractivity contribution in [2.75, 3.05) is 39.1 Å². The highest BCUT2D eigenvalue weighted by molar-refractivity contribution is 7.39. The van der Waals surface area contributed by atoms with Gasteiger partial charge >= 0.3 is 8.60 Å². The second-order valence-electron chi connectivity index (χ2n) is 9.18. The van der Waals surface area contributed by atoms with Crippen LogP contribution in [0.25, 0.3) is 0 Å². The molecule has 37 heavy (non-hydrogen) atoms. The number of anilines is 1. The first-order valence-corrected chi connectivity index (χ1v) is 12.7. The van der Waals surface area contributed by atoms with Gasteiger partial charge in [-0.25, -0.2) is 9.40 Å².